The van der Waals surface area contributed by atoms with E-state index in [0.29, 0.717) is 17.9 Å². The summed E-state index contributed by atoms with van der Waals surface area (Å²) in [4.78, 5) is 9.64. The molecule has 34 heavy (non-hydrogen) atoms. The summed E-state index contributed by atoms with van der Waals surface area (Å²) in [6, 6.07) is 18.7. The van der Waals surface area contributed by atoms with Crippen molar-refractivity contribution in [2.24, 2.45) is 0 Å². The largest absolute Gasteiger partial charge is 0.367 e. The van der Waals surface area contributed by atoms with E-state index in [4.69, 9.17) is 9.97 Å². The molecular weight excluding hydrogens is 418 g/mol. The maximum atomic E-state index is 4.95. The minimum absolute atomic E-state index is 0.513. The fourth-order valence-corrected chi connectivity index (χ4v) is 4.87. The second kappa shape index (κ2) is 11.2. The molecule has 5 heteroatoms. The summed E-state index contributed by atoms with van der Waals surface area (Å²) in [6.07, 6.45) is 10.7. The average molecular weight is 452 g/mol. The molecule has 1 aliphatic heterocycles. The van der Waals surface area contributed by atoms with E-state index in [1.807, 2.05) is 60.8 Å². The quantitative estimate of drug-likeness (QED) is 0.426. The van der Waals surface area contributed by atoms with Gasteiger partial charge in [-0.2, -0.15) is 4.98 Å². The Hall–Kier alpha value is -3.36. The van der Waals surface area contributed by atoms with E-state index in [9.17, 15) is 0 Å². The first-order valence-corrected chi connectivity index (χ1v) is 12.6. The van der Waals surface area contributed by atoms with Gasteiger partial charge in [0.2, 0.25) is 5.95 Å². The maximum absolute atomic E-state index is 4.95. The summed E-state index contributed by atoms with van der Waals surface area (Å²) in [5.41, 5.74) is 4.23. The van der Waals surface area contributed by atoms with Crippen LogP contribution in [0.15, 0.2) is 60.8 Å². The predicted octanol–water partition coefficient (Wildman–Crippen LogP) is 5.83. The molecule has 2 heterocycles. The summed E-state index contributed by atoms with van der Waals surface area (Å²) in [5, 5.41) is 10.6. The van der Waals surface area contributed by atoms with Crippen LogP contribution in [0.5, 0.6) is 0 Å². The molecule has 0 unspecified atom stereocenters. The van der Waals surface area contributed by atoms with Crippen LogP contribution in [0.2, 0.25) is 0 Å². The first-order valence-electron chi connectivity index (χ1n) is 12.6. The SMILES string of the molecule is C(#Cc1ccc(Nc2ncc(C3CCNCC3)c(NC3CCCCC3)n2)cc1)c1ccccc1. The van der Waals surface area contributed by atoms with Crippen LogP contribution in [0.1, 0.15) is 67.6 Å². The van der Waals surface area contributed by atoms with Crippen LogP contribution in [-0.2, 0) is 0 Å². The van der Waals surface area contributed by atoms with Gasteiger partial charge in [-0.1, -0.05) is 49.3 Å². The van der Waals surface area contributed by atoms with E-state index in [0.717, 1.165) is 48.6 Å². The molecule has 1 saturated carbocycles. The van der Waals surface area contributed by atoms with Gasteiger partial charge in [-0.05, 0) is 81.1 Å². The molecule has 5 nitrogen and oxygen atoms in total. The lowest BCUT2D eigenvalue weighted by atomic mass is 9.90. The normalized spacial score (nSPS) is 16.9. The third-order valence-electron chi connectivity index (χ3n) is 6.81. The zero-order valence-corrected chi connectivity index (χ0v) is 19.7. The molecular formula is C29H33N5. The van der Waals surface area contributed by atoms with E-state index in [1.165, 1.54) is 37.7 Å². The van der Waals surface area contributed by atoms with E-state index in [2.05, 4.69) is 27.8 Å². The Balaban J connectivity index is 1.31. The van der Waals surface area contributed by atoms with E-state index >= 15 is 0 Å². The van der Waals surface area contributed by atoms with Crippen LogP contribution in [-0.4, -0.2) is 29.1 Å². The van der Waals surface area contributed by atoms with Gasteiger partial charge in [0.25, 0.3) is 0 Å². The number of nitrogens with one attached hydrogen (secondary N) is 3. The minimum Gasteiger partial charge on any atom is -0.367 e. The Morgan fingerprint density at radius 3 is 2.24 bits per heavy atom. The number of piperidine rings is 1. The molecule has 0 atom stereocenters. The molecule has 2 fully saturated rings. The standard InChI is InChI=1S/C29H33N5/c1-3-7-22(8-4-1)11-12-23-13-15-26(16-14-23)33-29-31-21-27(24-17-19-30-20-18-24)28(34-29)32-25-9-5-2-6-10-25/h1,3-4,7-8,13-16,21,24-25,30H,2,5-6,9-10,17-20H2,(H2,31,32,33,34). The fourth-order valence-electron chi connectivity index (χ4n) is 4.87. The highest BCUT2D eigenvalue weighted by atomic mass is 15.1. The Kier molecular flexibility index (Phi) is 7.37. The molecule has 1 aromatic heterocycles. The molecule has 2 aromatic carbocycles. The number of hydrogen-bond donors (Lipinski definition) is 3. The van der Waals surface area contributed by atoms with Crippen LogP contribution in [0.3, 0.4) is 0 Å². The number of hydrogen-bond acceptors (Lipinski definition) is 5. The minimum atomic E-state index is 0.513. The number of rotatable bonds is 5. The molecule has 174 valence electrons. The zero-order chi connectivity index (χ0) is 23.0. The molecule has 1 saturated heterocycles. The van der Waals surface area contributed by atoms with Gasteiger partial charge in [0, 0.05) is 34.6 Å². The van der Waals surface area contributed by atoms with E-state index < -0.39 is 0 Å². The van der Waals surface area contributed by atoms with Gasteiger partial charge in [0.1, 0.15) is 5.82 Å². The number of nitrogens with zero attached hydrogens (tertiary/aromatic N) is 2. The van der Waals surface area contributed by atoms with Crippen molar-refractivity contribution in [3.05, 3.63) is 77.5 Å². The molecule has 3 N–H and O–H groups in total. The molecule has 0 bridgehead atoms. The molecule has 0 amide bonds. The molecule has 0 radical (unpaired) electrons. The average Bonchev–Trinajstić information content (AvgIpc) is 2.90. The topological polar surface area (TPSA) is 61.9 Å². The van der Waals surface area contributed by atoms with E-state index in [-0.39, 0.29) is 0 Å². The second-order valence-electron chi connectivity index (χ2n) is 9.32. The Labute approximate surface area is 202 Å². The van der Waals surface area contributed by atoms with Crippen LogP contribution in [0.25, 0.3) is 0 Å². The highest BCUT2D eigenvalue weighted by Gasteiger charge is 2.22. The van der Waals surface area contributed by atoms with Crippen LogP contribution in [0.4, 0.5) is 17.5 Å². The highest BCUT2D eigenvalue weighted by molar-refractivity contribution is 5.58. The zero-order valence-electron chi connectivity index (χ0n) is 19.7. The summed E-state index contributed by atoms with van der Waals surface area (Å²) < 4.78 is 0. The Morgan fingerprint density at radius 1 is 0.794 bits per heavy atom. The highest BCUT2D eigenvalue weighted by Crippen LogP contribution is 2.32. The Morgan fingerprint density at radius 2 is 1.50 bits per heavy atom. The van der Waals surface area contributed by atoms with Crippen molar-refractivity contribution in [1.29, 1.82) is 0 Å². The van der Waals surface area contributed by atoms with Gasteiger partial charge < -0.3 is 16.0 Å². The van der Waals surface area contributed by atoms with Crippen molar-refractivity contribution in [1.82, 2.24) is 15.3 Å². The smallest absolute Gasteiger partial charge is 0.229 e. The molecule has 2 aliphatic rings. The molecule has 3 aromatic rings. The van der Waals surface area contributed by atoms with Crippen LogP contribution < -0.4 is 16.0 Å². The monoisotopic (exact) mass is 451 g/mol. The summed E-state index contributed by atoms with van der Waals surface area (Å²) >= 11 is 0. The first-order chi connectivity index (χ1) is 16.8. The predicted molar refractivity (Wildman–Crippen MR) is 140 cm³/mol. The third kappa shape index (κ3) is 5.95. The number of anilines is 3. The summed E-state index contributed by atoms with van der Waals surface area (Å²) in [5.74, 6) is 8.60. The van der Waals surface area contributed by atoms with Gasteiger partial charge >= 0.3 is 0 Å². The first kappa shape index (κ1) is 22.4. The lowest BCUT2D eigenvalue weighted by Gasteiger charge is -2.28. The van der Waals surface area contributed by atoms with E-state index in [1.54, 1.807) is 0 Å². The summed E-state index contributed by atoms with van der Waals surface area (Å²) in [7, 11) is 0. The van der Waals surface area contributed by atoms with Crippen molar-refractivity contribution in [3.63, 3.8) is 0 Å². The fraction of sp³-hybridized carbons (Fsp3) is 0.379. The van der Waals surface area contributed by atoms with Gasteiger partial charge in [-0.25, -0.2) is 4.98 Å². The number of benzene rings is 2. The van der Waals surface area contributed by atoms with Gasteiger partial charge in [0.15, 0.2) is 0 Å². The second-order valence-corrected chi connectivity index (χ2v) is 9.32. The van der Waals surface area contributed by atoms with Crippen molar-refractivity contribution < 1.29 is 0 Å². The molecule has 5 rings (SSSR count). The van der Waals surface area contributed by atoms with Crippen molar-refractivity contribution in [2.45, 2.75) is 56.9 Å². The van der Waals surface area contributed by atoms with Crippen LogP contribution in [0, 0.1) is 11.8 Å². The Bertz CT molecular complexity index is 1120. The lowest BCUT2D eigenvalue weighted by Crippen LogP contribution is -2.29. The van der Waals surface area contributed by atoms with Gasteiger partial charge in [0.05, 0.1) is 0 Å². The van der Waals surface area contributed by atoms with Crippen molar-refractivity contribution in [2.75, 3.05) is 23.7 Å². The summed E-state index contributed by atoms with van der Waals surface area (Å²) in [6.45, 7) is 2.13. The van der Waals surface area contributed by atoms with Crippen molar-refractivity contribution in [3.8, 4) is 11.8 Å². The molecule has 1 aliphatic carbocycles. The van der Waals surface area contributed by atoms with Crippen molar-refractivity contribution >= 4 is 17.5 Å². The van der Waals surface area contributed by atoms with Crippen LogP contribution >= 0.6 is 0 Å². The van der Waals surface area contributed by atoms with Gasteiger partial charge in [-0.3, -0.25) is 0 Å². The maximum Gasteiger partial charge on any atom is 0.229 e. The third-order valence-corrected chi connectivity index (χ3v) is 6.81. The lowest BCUT2D eigenvalue weighted by molar-refractivity contribution is 0.451. The molecule has 0 spiro atoms. The number of aromatic nitrogens is 2. The van der Waals surface area contributed by atoms with Gasteiger partial charge in [-0.15, -0.1) is 0 Å².